The first-order chi connectivity index (χ1) is 13.2. The Morgan fingerprint density at radius 1 is 0.548 bits per heavy atom. The first kappa shape index (κ1) is 138. The molecule has 42 heavy (non-hydrogen) atoms. The van der Waals surface area contributed by atoms with Crippen LogP contribution in [0.5, 0.6) is 0 Å². The van der Waals surface area contributed by atoms with Gasteiger partial charge in [-0.1, -0.05) is 124 Å². The Morgan fingerprint density at radius 3 is 0.833 bits per heavy atom. The monoisotopic (exact) mass is 647 g/mol. The summed E-state index contributed by atoms with van der Waals surface area (Å²) in [6, 6.07) is 0. The molecule has 0 aliphatic rings. The molecule has 0 bridgehead atoms. The molecule has 0 aromatic rings. The predicted molar refractivity (Wildman–Crippen MR) is 190 cm³/mol. The van der Waals surface area contributed by atoms with Gasteiger partial charge >= 0.3 is 11.9 Å². The Labute approximate surface area is 266 Å². The van der Waals surface area contributed by atoms with Crippen molar-refractivity contribution in [2.45, 2.75) is 130 Å². The lowest BCUT2D eigenvalue weighted by Crippen LogP contribution is -2.14. The highest BCUT2D eigenvalue weighted by molar-refractivity contribution is 5.91. The highest BCUT2D eigenvalue weighted by Crippen LogP contribution is 1.88. The van der Waals surface area contributed by atoms with E-state index in [4.69, 9.17) is 46.0 Å². The summed E-state index contributed by atoms with van der Waals surface area (Å²) in [5, 5.41) is 69.3. The van der Waals surface area contributed by atoms with Crippen LogP contribution in [0.1, 0.15) is 130 Å². The van der Waals surface area contributed by atoms with Gasteiger partial charge in [-0.15, -0.1) is 0 Å². The van der Waals surface area contributed by atoms with Crippen molar-refractivity contribution in [2.24, 2.45) is 0 Å². The van der Waals surface area contributed by atoms with Crippen molar-refractivity contribution in [1.29, 1.82) is 0 Å². The molecular formula is C29H90O13. The lowest BCUT2D eigenvalue weighted by Gasteiger charge is -1.99. The summed E-state index contributed by atoms with van der Waals surface area (Å²) in [6.45, 7) is 2.50. The topological polar surface area (TPSA) is 235 Å². The largest absolute Gasteiger partial charge is 0.510 e. The summed E-state index contributed by atoms with van der Waals surface area (Å²) < 4.78 is 7.99. The zero-order valence-corrected chi connectivity index (χ0v) is 15.9. The number of aliphatic hydroxyl groups is 9. The molecule has 13 heteroatoms. The molecule has 0 atom stereocenters. The van der Waals surface area contributed by atoms with Gasteiger partial charge in [0.15, 0.2) is 13.6 Å². The van der Waals surface area contributed by atoms with Crippen molar-refractivity contribution in [2.75, 3.05) is 46.8 Å². The number of esters is 2. The predicted octanol–water partition coefficient (Wildman–Crippen LogP) is 6.00. The maximum atomic E-state index is 10.4. The van der Waals surface area contributed by atoms with E-state index < -0.39 is 38.7 Å². The molecule has 0 amide bonds. The zero-order valence-electron chi connectivity index (χ0n) is 15.9. The van der Waals surface area contributed by atoms with Crippen LogP contribution in [-0.2, 0) is 19.1 Å². The molecule has 0 aliphatic heterocycles. The van der Waals surface area contributed by atoms with Crippen molar-refractivity contribution in [3.05, 3.63) is 12.3 Å². The van der Waals surface area contributed by atoms with Crippen LogP contribution in [0.25, 0.3) is 0 Å². The van der Waals surface area contributed by atoms with Gasteiger partial charge < -0.3 is 55.4 Å². The van der Waals surface area contributed by atoms with E-state index in [1.54, 1.807) is 0 Å². The molecule has 0 unspecified atom stereocenters. The highest BCUT2D eigenvalue weighted by atomic mass is 16.6. The second kappa shape index (κ2) is 155. The van der Waals surface area contributed by atoms with Crippen molar-refractivity contribution in [3.63, 3.8) is 0 Å². The second-order valence-electron chi connectivity index (χ2n) is 3.86. The Hall–Kier alpha value is -1.84. The standard InChI is InChI=1S/C5H8O6.C4H10O.C3H6O2.C2H6O2.CH4O2.14CH4/c6-2-10-4(8)1-5(9)11-3-7;1-2-3-4-5;1-3(5)2-4;3-1-2-4;2-1-3;;;;;;;;;;;;;;/h6-7H,1-3H2;5H,2-4H2,1H3;4-5H,1-2H2;3-4H,1-2H2;2-3H,1H2;14*1H4. The molecule has 284 valence electrons. The molecule has 0 aromatic carbocycles. The summed E-state index contributed by atoms with van der Waals surface area (Å²) in [4.78, 5) is 20.7. The normalized spacial score (nSPS) is 5.36. The maximum Gasteiger partial charge on any atom is 0.319 e. The van der Waals surface area contributed by atoms with Crippen LogP contribution in [0.4, 0.5) is 0 Å². The second-order valence-corrected chi connectivity index (χ2v) is 3.86. The van der Waals surface area contributed by atoms with Crippen molar-refractivity contribution in [3.8, 4) is 0 Å². The molecule has 0 rings (SSSR count). The first-order valence-corrected chi connectivity index (χ1v) is 7.77. The number of hydrogen-bond donors (Lipinski definition) is 9. The van der Waals surface area contributed by atoms with Crippen molar-refractivity contribution in [1.82, 2.24) is 0 Å². The van der Waals surface area contributed by atoms with Gasteiger partial charge in [0.25, 0.3) is 0 Å². The molecule has 0 heterocycles. The van der Waals surface area contributed by atoms with Crippen LogP contribution in [0.3, 0.4) is 0 Å². The minimum atomic E-state index is -0.897. The van der Waals surface area contributed by atoms with Gasteiger partial charge in [0, 0.05) is 6.61 Å². The van der Waals surface area contributed by atoms with Crippen LogP contribution in [0.15, 0.2) is 12.3 Å². The Balaban J connectivity index is -0.00000000905. The smallest absolute Gasteiger partial charge is 0.319 e. The van der Waals surface area contributed by atoms with Gasteiger partial charge in [-0.2, -0.15) is 0 Å². The van der Waals surface area contributed by atoms with E-state index in [9.17, 15) is 9.59 Å². The van der Waals surface area contributed by atoms with Gasteiger partial charge in [0.2, 0.25) is 0 Å². The summed E-state index contributed by atoms with van der Waals surface area (Å²) in [7, 11) is 0. The fourth-order valence-electron chi connectivity index (χ4n) is 0.522. The minimum absolute atomic E-state index is 0. The highest BCUT2D eigenvalue weighted by Gasteiger charge is 2.10. The summed E-state index contributed by atoms with van der Waals surface area (Å²) in [6.07, 6.45) is 1.43. The third kappa shape index (κ3) is 304. The van der Waals surface area contributed by atoms with Crippen LogP contribution in [0, 0.1) is 0 Å². The number of unbranched alkanes of at least 4 members (excludes halogenated alkanes) is 1. The zero-order chi connectivity index (χ0) is 23.2. The molecule has 0 fully saturated rings. The molecule has 0 aliphatic carbocycles. The maximum absolute atomic E-state index is 10.4. The average Bonchev–Trinajstić information content (AvgIpc) is 2.64. The fraction of sp³-hybridized carbons (Fsp3) is 0.862. The van der Waals surface area contributed by atoms with Crippen molar-refractivity contribution < 1.29 is 65.0 Å². The lowest BCUT2D eigenvalue weighted by molar-refractivity contribution is -0.162. The van der Waals surface area contributed by atoms with Crippen LogP contribution in [0.2, 0.25) is 0 Å². The molecular weight excluding hydrogens is 556 g/mol. The van der Waals surface area contributed by atoms with Gasteiger partial charge in [0.05, 0.1) is 19.8 Å². The lowest BCUT2D eigenvalue weighted by atomic mass is 10.4. The average molecular weight is 647 g/mol. The molecule has 13 nitrogen and oxygen atoms in total. The SMILES string of the molecule is C.C.C.C.C.C.C.C.C.C.C.C.C.C.C=C(O)CO.CCCCO.O=C(CC(=O)OCO)OCO.OCCO.OCO. The van der Waals surface area contributed by atoms with Crippen LogP contribution >= 0.6 is 0 Å². The Bertz CT molecular complexity index is 300. The van der Waals surface area contributed by atoms with Gasteiger partial charge in [0.1, 0.15) is 19.0 Å². The van der Waals surface area contributed by atoms with E-state index in [-0.39, 0.29) is 130 Å². The fourth-order valence-corrected chi connectivity index (χ4v) is 0.522. The molecule has 9 N–H and O–H groups in total. The number of carbonyl (C=O) groups excluding carboxylic acids is 2. The minimum Gasteiger partial charge on any atom is -0.510 e. The van der Waals surface area contributed by atoms with E-state index in [1.807, 2.05) is 0 Å². The summed E-state index contributed by atoms with van der Waals surface area (Å²) >= 11 is 0. The number of carbonyl (C=O) groups is 2. The van der Waals surface area contributed by atoms with E-state index in [2.05, 4.69) is 23.0 Å². The van der Waals surface area contributed by atoms with Gasteiger partial charge in [-0.3, -0.25) is 9.59 Å². The third-order valence-corrected chi connectivity index (χ3v) is 1.53. The van der Waals surface area contributed by atoms with Gasteiger partial charge in [-0.25, -0.2) is 0 Å². The van der Waals surface area contributed by atoms with E-state index in [0.717, 1.165) is 12.8 Å². The number of ether oxygens (including phenoxy) is 2. The summed E-state index contributed by atoms with van der Waals surface area (Å²) in [5.41, 5.74) is 0. The molecule has 0 saturated heterocycles. The number of hydrogen-bond acceptors (Lipinski definition) is 13. The van der Waals surface area contributed by atoms with E-state index in [0.29, 0.717) is 6.61 Å². The van der Waals surface area contributed by atoms with Crippen molar-refractivity contribution >= 4 is 11.9 Å². The quantitative estimate of drug-likeness (QED) is 0.0638. The molecule has 0 aromatic heterocycles. The molecule has 0 radical (unpaired) electrons. The Morgan fingerprint density at radius 2 is 0.762 bits per heavy atom. The van der Waals surface area contributed by atoms with Crippen LogP contribution < -0.4 is 0 Å². The molecule has 0 saturated carbocycles. The summed E-state index contributed by atoms with van der Waals surface area (Å²) in [5.74, 6) is -1.98. The van der Waals surface area contributed by atoms with Crippen LogP contribution in [-0.4, -0.2) is 105 Å². The van der Waals surface area contributed by atoms with Gasteiger partial charge in [-0.05, 0) is 6.42 Å². The first-order valence-electron chi connectivity index (χ1n) is 7.77. The van der Waals surface area contributed by atoms with E-state index in [1.165, 1.54) is 0 Å². The third-order valence-electron chi connectivity index (χ3n) is 1.53. The molecule has 0 spiro atoms. The number of aliphatic hydroxyl groups excluding tert-OH is 8. The van der Waals surface area contributed by atoms with E-state index >= 15 is 0 Å². The number of rotatable bonds is 8. The Kier molecular flexibility index (Phi) is 509.